The summed E-state index contributed by atoms with van der Waals surface area (Å²) < 4.78 is 61.2. The van der Waals surface area contributed by atoms with Crippen LogP contribution in [0.1, 0.15) is 31.4 Å². The molecule has 0 radical (unpaired) electrons. The van der Waals surface area contributed by atoms with Gasteiger partial charge >= 0.3 is 5.97 Å². The molecule has 1 N–H and O–H groups in total. The van der Waals surface area contributed by atoms with Crippen LogP contribution in [-0.2, 0) is 39.9 Å². The van der Waals surface area contributed by atoms with Gasteiger partial charge in [-0.15, -0.1) is 0 Å². The SMILES string of the molecule is CCOC(=O)/C=C/[C@@]1(C)C[C@@]2(NS(=O)(=O)c3ccccc32)C(=O)N1S(=O)(=O)c1ccc(C)cc1. The fraction of sp³-hybridized carbons (Fsp3) is 0.304. The van der Waals surface area contributed by atoms with Gasteiger partial charge in [0.15, 0.2) is 0 Å². The lowest BCUT2D eigenvalue weighted by atomic mass is 9.83. The topological polar surface area (TPSA) is 127 Å². The first-order valence-corrected chi connectivity index (χ1v) is 13.5. The van der Waals surface area contributed by atoms with E-state index < -0.39 is 43.0 Å². The van der Waals surface area contributed by atoms with E-state index in [0.29, 0.717) is 4.31 Å². The van der Waals surface area contributed by atoms with Crippen LogP contribution in [0.15, 0.2) is 70.5 Å². The summed E-state index contributed by atoms with van der Waals surface area (Å²) in [6.07, 6.45) is 2.08. The molecule has 11 heteroatoms. The Balaban J connectivity index is 1.92. The van der Waals surface area contributed by atoms with Crippen molar-refractivity contribution in [1.82, 2.24) is 9.03 Å². The van der Waals surface area contributed by atoms with Crippen molar-refractivity contribution in [3.05, 3.63) is 71.8 Å². The summed E-state index contributed by atoms with van der Waals surface area (Å²) >= 11 is 0. The number of benzene rings is 2. The van der Waals surface area contributed by atoms with Gasteiger partial charge < -0.3 is 4.74 Å². The van der Waals surface area contributed by atoms with Crippen LogP contribution < -0.4 is 4.72 Å². The number of nitrogens with zero attached hydrogens (tertiary/aromatic N) is 1. The smallest absolute Gasteiger partial charge is 0.330 e. The largest absolute Gasteiger partial charge is 0.463 e. The van der Waals surface area contributed by atoms with E-state index >= 15 is 0 Å². The van der Waals surface area contributed by atoms with Crippen LogP contribution in [-0.4, -0.2) is 45.2 Å². The van der Waals surface area contributed by atoms with Gasteiger partial charge in [-0.3, -0.25) is 4.79 Å². The monoisotopic (exact) mass is 504 g/mol. The number of carbonyl (C=O) groups excluding carboxylic acids is 2. The van der Waals surface area contributed by atoms with Crippen LogP contribution in [0.4, 0.5) is 0 Å². The number of ether oxygens (including phenoxy) is 1. The molecule has 34 heavy (non-hydrogen) atoms. The third-order valence-corrected chi connectivity index (χ3v) is 9.49. The van der Waals surface area contributed by atoms with Gasteiger partial charge in [-0.25, -0.2) is 25.9 Å². The third kappa shape index (κ3) is 3.64. The Morgan fingerprint density at radius 2 is 1.82 bits per heavy atom. The van der Waals surface area contributed by atoms with Crippen molar-refractivity contribution in [2.45, 2.75) is 48.1 Å². The molecule has 0 aromatic heterocycles. The Kier molecular flexibility index (Phi) is 5.70. The molecular formula is C23H24N2O7S2. The van der Waals surface area contributed by atoms with Crippen molar-refractivity contribution in [2.75, 3.05) is 6.61 Å². The van der Waals surface area contributed by atoms with Crippen LogP contribution in [0.2, 0.25) is 0 Å². The van der Waals surface area contributed by atoms with Crippen LogP contribution in [0, 0.1) is 6.92 Å². The zero-order valence-electron chi connectivity index (χ0n) is 18.8. The van der Waals surface area contributed by atoms with E-state index in [9.17, 15) is 26.4 Å². The summed E-state index contributed by atoms with van der Waals surface area (Å²) in [5.41, 5.74) is -2.43. The first-order valence-electron chi connectivity index (χ1n) is 10.5. The van der Waals surface area contributed by atoms with Crippen molar-refractivity contribution < 1.29 is 31.2 Å². The highest BCUT2D eigenvalue weighted by atomic mass is 32.2. The number of aryl methyl sites for hydroxylation is 1. The maximum atomic E-state index is 13.9. The molecule has 1 saturated heterocycles. The quantitative estimate of drug-likeness (QED) is 0.487. The second-order valence-electron chi connectivity index (χ2n) is 8.51. The molecule has 4 rings (SSSR count). The fourth-order valence-electron chi connectivity index (χ4n) is 4.54. The molecule has 0 bridgehead atoms. The first kappa shape index (κ1) is 24.1. The van der Waals surface area contributed by atoms with E-state index in [1.54, 1.807) is 32.0 Å². The van der Waals surface area contributed by atoms with Gasteiger partial charge in [-0.1, -0.05) is 42.0 Å². The lowest BCUT2D eigenvalue weighted by Crippen LogP contribution is -2.49. The Bertz CT molecular complexity index is 1420. The van der Waals surface area contributed by atoms with Crippen molar-refractivity contribution in [3.8, 4) is 0 Å². The molecule has 0 unspecified atom stereocenters. The molecule has 180 valence electrons. The minimum Gasteiger partial charge on any atom is -0.463 e. The standard InChI is InChI=1S/C23H24N2O7S2/c1-4-32-20(26)13-14-22(3)15-23(18-7-5-6-8-19(18)33(28,29)24-23)21(27)25(22)34(30,31)17-11-9-16(2)10-12-17/h5-14,24H,4,15H2,1-3H3/b14-13+/t22-,23-/m0/s1. The molecule has 1 fully saturated rings. The van der Waals surface area contributed by atoms with Crippen LogP contribution in [0.5, 0.6) is 0 Å². The zero-order valence-corrected chi connectivity index (χ0v) is 20.4. The molecule has 0 saturated carbocycles. The van der Waals surface area contributed by atoms with Crippen molar-refractivity contribution in [1.29, 1.82) is 0 Å². The summed E-state index contributed by atoms with van der Waals surface area (Å²) in [4.78, 5) is 25.7. The van der Waals surface area contributed by atoms with Crippen LogP contribution in [0.3, 0.4) is 0 Å². The molecule has 1 amide bonds. The zero-order chi connectivity index (χ0) is 24.9. The van der Waals surface area contributed by atoms with Crippen LogP contribution >= 0.6 is 0 Å². The van der Waals surface area contributed by atoms with E-state index in [0.717, 1.165) is 11.6 Å². The summed E-state index contributed by atoms with van der Waals surface area (Å²) in [5, 5.41) is 0. The van der Waals surface area contributed by atoms with E-state index in [-0.39, 0.29) is 28.4 Å². The molecule has 1 spiro atoms. The number of fused-ring (bicyclic) bond motifs is 2. The number of hydrogen-bond donors (Lipinski definition) is 1. The van der Waals surface area contributed by atoms with Gasteiger partial charge in [-0.05, 0) is 39.0 Å². The normalized spacial score (nSPS) is 25.7. The van der Waals surface area contributed by atoms with Crippen molar-refractivity contribution in [2.24, 2.45) is 0 Å². The Morgan fingerprint density at radius 3 is 2.47 bits per heavy atom. The fourth-order valence-corrected chi connectivity index (χ4v) is 7.90. The number of hydrogen-bond acceptors (Lipinski definition) is 7. The van der Waals surface area contributed by atoms with Gasteiger partial charge in [0.05, 0.1) is 21.9 Å². The average molecular weight is 505 g/mol. The second-order valence-corrected chi connectivity index (χ2v) is 12.0. The highest BCUT2D eigenvalue weighted by Crippen LogP contribution is 2.51. The van der Waals surface area contributed by atoms with Gasteiger partial charge in [0.25, 0.3) is 15.9 Å². The second kappa shape index (κ2) is 8.03. The van der Waals surface area contributed by atoms with Gasteiger partial charge in [-0.2, -0.15) is 4.72 Å². The van der Waals surface area contributed by atoms with E-state index in [1.165, 1.54) is 43.3 Å². The van der Waals surface area contributed by atoms with E-state index in [4.69, 9.17) is 4.74 Å². The summed E-state index contributed by atoms with van der Waals surface area (Å²) in [5.74, 6) is -1.66. The lowest BCUT2D eigenvalue weighted by molar-refractivity contribution is -0.137. The molecule has 2 aliphatic heterocycles. The molecule has 2 heterocycles. The van der Waals surface area contributed by atoms with Crippen molar-refractivity contribution >= 4 is 31.9 Å². The maximum absolute atomic E-state index is 13.9. The van der Waals surface area contributed by atoms with Gasteiger partial charge in [0.1, 0.15) is 5.54 Å². The van der Waals surface area contributed by atoms with Crippen LogP contribution in [0.25, 0.3) is 0 Å². The summed E-state index contributed by atoms with van der Waals surface area (Å²) in [7, 11) is -8.50. The molecule has 2 aliphatic rings. The lowest BCUT2D eigenvalue weighted by Gasteiger charge is -2.31. The number of nitrogens with one attached hydrogen (secondary N) is 1. The Labute approximate surface area is 198 Å². The van der Waals surface area contributed by atoms with Crippen molar-refractivity contribution in [3.63, 3.8) is 0 Å². The molecule has 2 atom stereocenters. The predicted molar refractivity (Wildman–Crippen MR) is 122 cm³/mol. The highest BCUT2D eigenvalue weighted by Gasteiger charge is 2.66. The number of sulfonamides is 2. The summed E-state index contributed by atoms with van der Waals surface area (Å²) in [6, 6.07) is 11.9. The number of rotatable bonds is 5. The van der Waals surface area contributed by atoms with Gasteiger partial charge in [0, 0.05) is 18.1 Å². The van der Waals surface area contributed by atoms with E-state index in [2.05, 4.69) is 4.72 Å². The molecule has 9 nitrogen and oxygen atoms in total. The number of esters is 1. The minimum absolute atomic E-state index is 0.0883. The Morgan fingerprint density at radius 1 is 1.18 bits per heavy atom. The summed E-state index contributed by atoms with van der Waals surface area (Å²) in [6.45, 7) is 5.00. The molecule has 0 aliphatic carbocycles. The van der Waals surface area contributed by atoms with E-state index in [1.807, 2.05) is 0 Å². The molecular weight excluding hydrogens is 480 g/mol. The first-order chi connectivity index (χ1) is 15.9. The third-order valence-electron chi connectivity index (χ3n) is 6.01. The predicted octanol–water partition coefficient (Wildman–Crippen LogP) is 1.98. The maximum Gasteiger partial charge on any atom is 0.330 e. The molecule has 2 aromatic rings. The minimum atomic E-state index is -4.43. The average Bonchev–Trinajstić information content (AvgIpc) is 3.14. The number of amides is 1. The highest BCUT2D eigenvalue weighted by molar-refractivity contribution is 7.90. The number of carbonyl (C=O) groups is 2. The molecule has 2 aromatic carbocycles. The van der Waals surface area contributed by atoms with Gasteiger partial charge in [0.2, 0.25) is 10.0 Å². The Hall–Kier alpha value is -3.02.